The summed E-state index contributed by atoms with van der Waals surface area (Å²) in [5.41, 5.74) is 2.14. The van der Waals surface area contributed by atoms with E-state index in [9.17, 15) is 9.18 Å². The highest BCUT2D eigenvalue weighted by Gasteiger charge is 2.25. The molecule has 0 bridgehead atoms. The molecule has 0 fully saturated rings. The fourth-order valence-corrected chi connectivity index (χ4v) is 2.31. The third kappa shape index (κ3) is 2.23. The van der Waals surface area contributed by atoms with E-state index in [0.29, 0.717) is 13.0 Å². The fraction of sp³-hybridized carbons (Fsp3) is 0.462. The molecule has 0 saturated carbocycles. The second-order valence-electron chi connectivity index (χ2n) is 4.09. The standard InChI is InChI=1S/C13H15FO2/c1-2-16-13(15)8-10-4-3-9-7-11(14)5-6-12(9)10/h5-7,10H,2-4,8H2,1H3/t10-/m1/s1. The summed E-state index contributed by atoms with van der Waals surface area (Å²) in [7, 11) is 0. The first-order chi connectivity index (χ1) is 7.70. The van der Waals surface area contributed by atoms with Crippen molar-refractivity contribution in [1.82, 2.24) is 0 Å². The molecule has 1 atom stereocenters. The van der Waals surface area contributed by atoms with Crippen molar-refractivity contribution < 1.29 is 13.9 Å². The van der Waals surface area contributed by atoms with Gasteiger partial charge in [-0.05, 0) is 48.9 Å². The number of hydrogen-bond acceptors (Lipinski definition) is 2. The molecule has 3 heteroatoms. The Hall–Kier alpha value is -1.38. The monoisotopic (exact) mass is 222 g/mol. The van der Waals surface area contributed by atoms with Gasteiger partial charge >= 0.3 is 5.97 Å². The van der Waals surface area contributed by atoms with E-state index in [-0.39, 0.29) is 17.7 Å². The van der Waals surface area contributed by atoms with Gasteiger partial charge in [0, 0.05) is 0 Å². The summed E-state index contributed by atoms with van der Waals surface area (Å²) >= 11 is 0. The van der Waals surface area contributed by atoms with E-state index in [1.807, 2.05) is 0 Å². The summed E-state index contributed by atoms with van der Waals surface area (Å²) in [5, 5.41) is 0. The van der Waals surface area contributed by atoms with Crippen LogP contribution in [0.15, 0.2) is 18.2 Å². The summed E-state index contributed by atoms with van der Waals surface area (Å²) in [4.78, 5) is 11.4. The molecule has 2 nitrogen and oxygen atoms in total. The molecule has 2 rings (SSSR count). The Bertz CT molecular complexity index is 401. The van der Waals surface area contributed by atoms with Crippen LogP contribution in [0.1, 0.15) is 36.8 Å². The minimum Gasteiger partial charge on any atom is -0.466 e. The van der Waals surface area contributed by atoms with E-state index in [0.717, 1.165) is 24.0 Å². The highest BCUT2D eigenvalue weighted by molar-refractivity contribution is 5.71. The lowest BCUT2D eigenvalue weighted by molar-refractivity contribution is -0.143. The number of fused-ring (bicyclic) bond motifs is 1. The molecule has 16 heavy (non-hydrogen) atoms. The molecule has 1 aliphatic rings. The van der Waals surface area contributed by atoms with E-state index >= 15 is 0 Å². The number of ether oxygens (including phenoxy) is 1. The number of carbonyl (C=O) groups is 1. The maximum absolute atomic E-state index is 13.0. The van der Waals surface area contributed by atoms with E-state index in [1.54, 1.807) is 19.1 Å². The minimum absolute atomic E-state index is 0.162. The van der Waals surface area contributed by atoms with Crippen LogP contribution in [0.5, 0.6) is 0 Å². The molecule has 0 radical (unpaired) electrons. The van der Waals surface area contributed by atoms with Gasteiger partial charge in [0.05, 0.1) is 13.0 Å². The molecule has 0 aromatic heterocycles. The van der Waals surface area contributed by atoms with Gasteiger partial charge < -0.3 is 4.74 Å². The lowest BCUT2D eigenvalue weighted by atomic mass is 9.98. The van der Waals surface area contributed by atoms with Crippen molar-refractivity contribution >= 4 is 5.97 Å². The third-order valence-corrected chi connectivity index (χ3v) is 3.03. The molecule has 86 valence electrons. The van der Waals surface area contributed by atoms with E-state index in [2.05, 4.69) is 0 Å². The molecule has 0 N–H and O–H groups in total. The lowest BCUT2D eigenvalue weighted by Gasteiger charge is -2.10. The fourth-order valence-electron chi connectivity index (χ4n) is 2.31. The first-order valence-electron chi connectivity index (χ1n) is 5.64. The van der Waals surface area contributed by atoms with Crippen LogP contribution >= 0.6 is 0 Å². The van der Waals surface area contributed by atoms with E-state index in [1.165, 1.54) is 6.07 Å². The number of rotatable bonds is 3. The smallest absolute Gasteiger partial charge is 0.306 e. The first-order valence-corrected chi connectivity index (χ1v) is 5.64. The van der Waals surface area contributed by atoms with Crippen molar-refractivity contribution in [2.24, 2.45) is 0 Å². The molecular weight excluding hydrogens is 207 g/mol. The largest absolute Gasteiger partial charge is 0.466 e. The molecule has 0 unspecified atom stereocenters. The summed E-state index contributed by atoms with van der Waals surface area (Å²) in [6, 6.07) is 4.82. The zero-order chi connectivity index (χ0) is 11.5. The number of aryl methyl sites for hydroxylation is 1. The molecular formula is C13H15FO2. The highest BCUT2D eigenvalue weighted by atomic mass is 19.1. The van der Waals surface area contributed by atoms with Gasteiger partial charge in [0.15, 0.2) is 0 Å². The maximum Gasteiger partial charge on any atom is 0.306 e. The van der Waals surface area contributed by atoms with Gasteiger partial charge in [0.2, 0.25) is 0 Å². The van der Waals surface area contributed by atoms with Gasteiger partial charge in [-0.2, -0.15) is 0 Å². The van der Waals surface area contributed by atoms with Crippen molar-refractivity contribution in [1.29, 1.82) is 0 Å². The van der Waals surface area contributed by atoms with Gasteiger partial charge in [0.1, 0.15) is 5.82 Å². The Balaban J connectivity index is 2.09. The van der Waals surface area contributed by atoms with E-state index in [4.69, 9.17) is 4.74 Å². The SMILES string of the molecule is CCOC(=O)C[C@H]1CCc2cc(F)ccc21. The average molecular weight is 222 g/mol. The van der Waals surface area contributed by atoms with Crippen LogP contribution < -0.4 is 0 Å². The van der Waals surface area contributed by atoms with Gasteiger partial charge in [-0.1, -0.05) is 6.07 Å². The molecule has 0 saturated heterocycles. The molecule has 1 aromatic rings. The van der Waals surface area contributed by atoms with Crippen LogP contribution in [-0.2, 0) is 16.0 Å². The Labute approximate surface area is 94.4 Å². The van der Waals surface area contributed by atoms with Crippen LogP contribution in [0.3, 0.4) is 0 Å². The summed E-state index contributed by atoms with van der Waals surface area (Å²) in [6.07, 6.45) is 2.18. The van der Waals surface area contributed by atoms with Gasteiger partial charge in [-0.15, -0.1) is 0 Å². The Morgan fingerprint density at radius 2 is 2.38 bits per heavy atom. The highest BCUT2D eigenvalue weighted by Crippen LogP contribution is 2.35. The van der Waals surface area contributed by atoms with Crippen LogP contribution in [-0.4, -0.2) is 12.6 Å². The van der Waals surface area contributed by atoms with Crippen LogP contribution in [0, 0.1) is 5.82 Å². The van der Waals surface area contributed by atoms with Crippen molar-refractivity contribution in [2.45, 2.75) is 32.1 Å². The molecule has 0 heterocycles. The number of hydrogen-bond donors (Lipinski definition) is 0. The Morgan fingerprint density at radius 3 is 3.12 bits per heavy atom. The number of esters is 1. The molecule has 1 aromatic carbocycles. The third-order valence-electron chi connectivity index (χ3n) is 3.03. The van der Waals surface area contributed by atoms with Crippen LogP contribution in [0.4, 0.5) is 4.39 Å². The number of carbonyl (C=O) groups excluding carboxylic acids is 1. The summed E-state index contributed by atoms with van der Waals surface area (Å²) < 4.78 is 17.9. The van der Waals surface area contributed by atoms with Gasteiger partial charge in [-0.25, -0.2) is 4.39 Å². The Morgan fingerprint density at radius 1 is 1.56 bits per heavy atom. The number of halogens is 1. The Kier molecular flexibility index (Phi) is 3.22. The second kappa shape index (κ2) is 4.64. The maximum atomic E-state index is 13.0. The van der Waals surface area contributed by atoms with Gasteiger partial charge in [-0.3, -0.25) is 4.79 Å². The first kappa shape index (κ1) is 11.1. The zero-order valence-corrected chi connectivity index (χ0v) is 9.33. The summed E-state index contributed by atoms with van der Waals surface area (Å²) in [6.45, 7) is 2.22. The lowest BCUT2D eigenvalue weighted by Crippen LogP contribution is -2.08. The second-order valence-corrected chi connectivity index (χ2v) is 4.09. The van der Waals surface area contributed by atoms with Crippen LogP contribution in [0.25, 0.3) is 0 Å². The average Bonchev–Trinajstić information content (AvgIpc) is 2.61. The molecule has 0 spiro atoms. The molecule has 1 aliphatic carbocycles. The minimum atomic E-state index is -0.199. The van der Waals surface area contributed by atoms with E-state index < -0.39 is 0 Å². The molecule has 0 amide bonds. The number of benzene rings is 1. The molecule has 0 aliphatic heterocycles. The predicted octanol–water partition coefficient (Wildman–Crippen LogP) is 2.81. The quantitative estimate of drug-likeness (QED) is 0.735. The topological polar surface area (TPSA) is 26.3 Å². The van der Waals surface area contributed by atoms with Crippen molar-refractivity contribution in [2.75, 3.05) is 6.61 Å². The predicted molar refractivity (Wildman–Crippen MR) is 58.7 cm³/mol. The van der Waals surface area contributed by atoms with Gasteiger partial charge in [0.25, 0.3) is 0 Å². The van der Waals surface area contributed by atoms with Crippen molar-refractivity contribution in [3.63, 3.8) is 0 Å². The normalized spacial score (nSPS) is 18.2. The zero-order valence-electron chi connectivity index (χ0n) is 9.33. The van der Waals surface area contributed by atoms with Crippen molar-refractivity contribution in [3.05, 3.63) is 35.1 Å². The summed E-state index contributed by atoms with van der Waals surface area (Å²) in [5.74, 6) is -0.158. The van der Waals surface area contributed by atoms with Crippen LogP contribution in [0.2, 0.25) is 0 Å². The van der Waals surface area contributed by atoms with Crippen molar-refractivity contribution in [3.8, 4) is 0 Å².